The van der Waals surface area contributed by atoms with Crippen molar-refractivity contribution < 1.29 is 24.6 Å². The summed E-state index contributed by atoms with van der Waals surface area (Å²) in [5, 5.41) is 18.0. The van der Waals surface area contributed by atoms with Crippen LogP contribution in [0.15, 0.2) is 30.3 Å². The van der Waals surface area contributed by atoms with Gasteiger partial charge in [0, 0.05) is 11.7 Å². The lowest BCUT2D eigenvalue weighted by Crippen LogP contribution is -2.42. The molecular formula is C18H28N2O5. The SMILES string of the molecule is CC(C)CCNCC(=O)N(c1ccccc1)C(C)C.O=C(O)C(=O)O. The quantitative estimate of drug-likeness (QED) is 0.513. The van der Waals surface area contributed by atoms with Crippen molar-refractivity contribution in [2.24, 2.45) is 5.92 Å². The van der Waals surface area contributed by atoms with Gasteiger partial charge in [0.25, 0.3) is 0 Å². The van der Waals surface area contributed by atoms with Crippen molar-refractivity contribution in [3.8, 4) is 0 Å². The Balaban J connectivity index is 0.000000823. The Morgan fingerprint density at radius 2 is 1.52 bits per heavy atom. The van der Waals surface area contributed by atoms with Gasteiger partial charge in [-0.2, -0.15) is 0 Å². The van der Waals surface area contributed by atoms with E-state index in [2.05, 4.69) is 19.2 Å². The van der Waals surface area contributed by atoms with Crippen molar-refractivity contribution in [1.82, 2.24) is 5.32 Å². The largest absolute Gasteiger partial charge is 0.473 e. The number of anilines is 1. The Kier molecular flexibility index (Phi) is 10.9. The number of para-hydroxylation sites is 1. The minimum Gasteiger partial charge on any atom is -0.473 e. The average molecular weight is 352 g/mol. The average Bonchev–Trinajstić information content (AvgIpc) is 2.52. The van der Waals surface area contributed by atoms with Crippen LogP contribution < -0.4 is 10.2 Å². The molecule has 0 unspecified atom stereocenters. The highest BCUT2D eigenvalue weighted by Gasteiger charge is 2.18. The van der Waals surface area contributed by atoms with Crippen LogP contribution in [0.4, 0.5) is 5.69 Å². The number of hydrogen-bond acceptors (Lipinski definition) is 4. The summed E-state index contributed by atoms with van der Waals surface area (Å²) in [4.78, 5) is 32.3. The number of carboxylic acid groups (broad SMARTS) is 2. The number of hydrogen-bond donors (Lipinski definition) is 3. The predicted molar refractivity (Wildman–Crippen MR) is 96.7 cm³/mol. The molecule has 1 aromatic rings. The van der Waals surface area contributed by atoms with Gasteiger partial charge in [-0.05, 0) is 44.9 Å². The molecule has 0 radical (unpaired) electrons. The summed E-state index contributed by atoms with van der Waals surface area (Å²) in [6.07, 6.45) is 1.10. The Hall–Kier alpha value is -2.41. The summed E-state index contributed by atoms with van der Waals surface area (Å²) >= 11 is 0. The van der Waals surface area contributed by atoms with E-state index in [1.54, 1.807) is 0 Å². The molecule has 0 heterocycles. The zero-order chi connectivity index (χ0) is 19.4. The van der Waals surface area contributed by atoms with E-state index in [1.165, 1.54) is 0 Å². The summed E-state index contributed by atoms with van der Waals surface area (Å²) in [5.41, 5.74) is 0.966. The molecule has 1 rings (SSSR count). The molecule has 0 saturated heterocycles. The Morgan fingerprint density at radius 1 is 1.00 bits per heavy atom. The minimum absolute atomic E-state index is 0.130. The van der Waals surface area contributed by atoms with Crippen molar-refractivity contribution >= 4 is 23.5 Å². The molecule has 3 N–H and O–H groups in total. The molecule has 0 saturated carbocycles. The number of benzene rings is 1. The van der Waals surface area contributed by atoms with E-state index >= 15 is 0 Å². The first-order valence-corrected chi connectivity index (χ1v) is 8.20. The highest BCUT2D eigenvalue weighted by atomic mass is 16.4. The van der Waals surface area contributed by atoms with E-state index in [4.69, 9.17) is 19.8 Å². The van der Waals surface area contributed by atoms with Crippen molar-refractivity contribution in [3.63, 3.8) is 0 Å². The van der Waals surface area contributed by atoms with Gasteiger partial charge < -0.3 is 20.4 Å². The molecule has 25 heavy (non-hydrogen) atoms. The molecular weight excluding hydrogens is 324 g/mol. The molecule has 1 amide bonds. The molecule has 0 aromatic heterocycles. The van der Waals surface area contributed by atoms with Crippen LogP contribution in [0.3, 0.4) is 0 Å². The van der Waals surface area contributed by atoms with Crippen molar-refractivity contribution in [3.05, 3.63) is 30.3 Å². The van der Waals surface area contributed by atoms with Gasteiger partial charge in [0.05, 0.1) is 6.54 Å². The van der Waals surface area contributed by atoms with Crippen LogP contribution in [0.2, 0.25) is 0 Å². The van der Waals surface area contributed by atoms with Crippen LogP contribution in [-0.4, -0.2) is 47.2 Å². The molecule has 1 aromatic carbocycles. The highest BCUT2D eigenvalue weighted by Crippen LogP contribution is 2.16. The van der Waals surface area contributed by atoms with Gasteiger partial charge in [0.15, 0.2) is 0 Å². The van der Waals surface area contributed by atoms with Crippen molar-refractivity contribution in [1.29, 1.82) is 0 Å². The fraction of sp³-hybridized carbons (Fsp3) is 0.500. The van der Waals surface area contributed by atoms with Crippen LogP contribution in [0.25, 0.3) is 0 Å². The van der Waals surface area contributed by atoms with Crippen LogP contribution in [-0.2, 0) is 14.4 Å². The first-order valence-electron chi connectivity index (χ1n) is 8.20. The number of rotatable bonds is 7. The highest BCUT2D eigenvalue weighted by molar-refractivity contribution is 6.27. The van der Waals surface area contributed by atoms with Gasteiger partial charge >= 0.3 is 11.9 Å². The third-order valence-electron chi connectivity index (χ3n) is 3.18. The smallest absolute Gasteiger partial charge is 0.414 e. The Morgan fingerprint density at radius 3 is 1.92 bits per heavy atom. The second-order valence-corrected chi connectivity index (χ2v) is 6.16. The van der Waals surface area contributed by atoms with Crippen LogP contribution >= 0.6 is 0 Å². The number of carbonyl (C=O) groups is 3. The lowest BCUT2D eigenvalue weighted by Gasteiger charge is -2.27. The zero-order valence-electron chi connectivity index (χ0n) is 15.2. The van der Waals surface area contributed by atoms with E-state index in [0.29, 0.717) is 12.5 Å². The number of nitrogens with zero attached hydrogens (tertiary/aromatic N) is 1. The molecule has 0 spiro atoms. The van der Waals surface area contributed by atoms with Crippen LogP contribution in [0.1, 0.15) is 34.1 Å². The molecule has 0 aliphatic carbocycles. The summed E-state index contributed by atoms with van der Waals surface area (Å²) in [7, 11) is 0. The van der Waals surface area contributed by atoms with Crippen molar-refractivity contribution in [2.45, 2.75) is 40.2 Å². The Bertz CT molecular complexity index is 532. The fourth-order valence-electron chi connectivity index (χ4n) is 1.99. The zero-order valence-corrected chi connectivity index (χ0v) is 15.2. The van der Waals surface area contributed by atoms with Gasteiger partial charge in [-0.25, -0.2) is 9.59 Å². The molecule has 7 heteroatoms. The van der Waals surface area contributed by atoms with E-state index in [0.717, 1.165) is 18.7 Å². The standard InChI is InChI=1S/C16H26N2O.C2H2O4/c1-13(2)10-11-17-12-16(19)18(14(3)4)15-8-6-5-7-9-15;3-1(4)2(5)6/h5-9,13-14,17H,10-12H2,1-4H3;(H,3,4)(H,5,6). The van der Waals surface area contributed by atoms with Gasteiger partial charge in [-0.3, -0.25) is 4.79 Å². The number of nitrogens with one attached hydrogen (secondary N) is 1. The van der Waals surface area contributed by atoms with Gasteiger partial charge in [0.2, 0.25) is 5.91 Å². The maximum absolute atomic E-state index is 12.3. The number of amides is 1. The van der Waals surface area contributed by atoms with E-state index in [9.17, 15) is 4.79 Å². The van der Waals surface area contributed by atoms with E-state index in [-0.39, 0.29) is 11.9 Å². The second-order valence-electron chi connectivity index (χ2n) is 6.16. The lowest BCUT2D eigenvalue weighted by molar-refractivity contribution is -0.159. The third-order valence-corrected chi connectivity index (χ3v) is 3.18. The van der Waals surface area contributed by atoms with Gasteiger partial charge in [-0.1, -0.05) is 32.0 Å². The molecule has 0 atom stereocenters. The van der Waals surface area contributed by atoms with Crippen molar-refractivity contribution in [2.75, 3.05) is 18.0 Å². The number of carbonyl (C=O) groups excluding carboxylic acids is 1. The Labute approximate surface area is 148 Å². The summed E-state index contributed by atoms with van der Waals surface area (Å²) in [6, 6.07) is 10.0. The molecule has 0 aliphatic rings. The van der Waals surface area contributed by atoms with E-state index in [1.807, 2.05) is 49.1 Å². The lowest BCUT2D eigenvalue weighted by atomic mass is 10.1. The summed E-state index contributed by atoms with van der Waals surface area (Å²) < 4.78 is 0. The maximum atomic E-state index is 12.3. The first-order chi connectivity index (χ1) is 11.7. The summed E-state index contributed by atoms with van der Waals surface area (Å²) in [6.45, 7) is 9.75. The topological polar surface area (TPSA) is 107 Å². The van der Waals surface area contributed by atoms with Gasteiger partial charge in [-0.15, -0.1) is 0 Å². The second kappa shape index (κ2) is 12.0. The molecule has 0 bridgehead atoms. The minimum atomic E-state index is -1.82. The van der Waals surface area contributed by atoms with Gasteiger partial charge in [0.1, 0.15) is 0 Å². The van der Waals surface area contributed by atoms with Crippen LogP contribution in [0.5, 0.6) is 0 Å². The number of carboxylic acids is 2. The molecule has 0 aliphatic heterocycles. The molecule has 0 fully saturated rings. The first kappa shape index (κ1) is 22.6. The normalized spacial score (nSPS) is 10.2. The predicted octanol–water partition coefficient (Wildman–Crippen LogP) is 2.22. The number of aliphatic carboxylic acids is 2. The third kappa shape index (κ3) is 10.1. The monoisotopic (exact) mass is 352 g/mol. The maximum Gasteiger partial charge on any atom is 0.414 e. The molecule has 140 valence electrons. The fourth-order valence-corrected chi connectivity index (χ4v) is 1.99. The van der Waals surface area contributed by atoms with Crippen LogP contribution in [0, 0.1) is 5.92 Å². The molecule has 7 nitrogen and oxygen atoms in total. The summed E-state index contributed by atoms with van der Waals surface area (Å²) in [5.74, 6) is -2.85. The van der Waals surface area contributed by atoms with E-state index < -0.39 is 11.9 Å².